The largest absolute Gasteiger partial charge is 0.279 e. The molecule has 1 atom stereocenters. The molecule has 0 aliphatic carbocycles. The molecule has 0 radical (unpaired) electrons. The molecule has 1 unspecified atom stereocenters. The number of anilines is 1. The standard InChI is InChI=1S/C13H11ClN4O3S/c14-22(20,21)9-7-12(19)18(8-9)13-16-6-4-11(17-13)10-3-1-2-5-15-10/h1-6,9H,7-8H2. The number of hydrogen-bond acceptors (Lipinski definition) is 6. The van der Waals surface area contributed by atoms with E-state index in [1.165, 1.54) is 11.1 Å². The van der Waals surface area contributed by atoms with Gasteiger partial charge in [-0.25, -0.2) is 18.4 Å². The molecular formula is C13H11ClN4O3S. The Hall–Kier alpha value is -2.06. The Morgan fingerprint density at radius 3 is 2.59 bits per heavy atom. The highest BCUT2D eigenvalue weighted by Gasteiger charge is 2.39. The Labute approximate surface area is 131 Å². The molecule has 3 heterocycles. The maximum Gasteiger partial charge on any atom is 0.237 e. The Bertz CT molecular complexity index is 813. The monoisotopic (exact) mass is 338 g/mol. The van der Waals surface area contributed by atoms with Gasteiger partial charge in [0.25, 0.3) is 0 Å². The molecule has 2 aromatic rings. The smallest absolute Gasteiger partial charge is 0.237 e. The summed E-state index contributed by atoms with van der Waals surface area (Å²) in [4.78, 5) is 25.7. The lowest BCUT2D eigenvalue weighted by atomic mass is 10.2. The number of pyridine rings is 1. The first kappa shape index (κ1) is 14.9. The molecule has 1 fully saturated rings. The minimum atomic E-state index is -3.80. The van der Waals surface area contributed by atoms with Gasteiger partial charge in [0.2, 0.25) is 20.9 Å². The third kappa shape index (κ3) is 2.93. The van der Waals surface area contributed by atoms with Crippen molar-refractivity contribution in [3.05, 3.63) is 36.7 Å². The number of nitrogens with zero attached hydrogens (tertiary/aromatic N) is 4. The molecule has 22 heavy (non-hydrogen) atoms. The second kappa shape index (κ2) is 5.62. The summed E-state index contributed by atoms with van der Waals surface area (Å²) in [5.41, 5.74) is 1.19. The molecule has 1 aliphatic heterocycles. The molecule has 3 rings (SSSR count). The molecule has 1 saturated heterocycles. The van der Waals surface area contributed by atoms with E-state index in [0.29, 0.717) is 11.4 Å². The van der Waals surface area contributed by atoms with E-state index in [1.807, 2.05) is 6.07 Å². The van der Waals surface area contributed by atoms with Crippen molar-refractivity contribution < 1.29 is 13.2 Å². The highest BCUT2D eigenvalue weighted by Crippen LogP contribution is 2.25. The molecule has 0 aromatic carbocycles. The molecule has 0 spiro atoms. The van der Waals surface area contributed by atoms with Crippen molar-refractivity contribution in [2.45, 2.75) is 11.7 Å². The summed E-state index contributed by atoms with van der Waals surface area (Å²) in [6, 6.07) is 7.05. The predicted molar refractivity (Wildman–Crippen MR) is 80.8 cm³/mol. The van der Waals surface area contributed by atoms with Crippen LogP contribution in [-0.4, -0.2) is 41.1 Å². The van der Waals surface area contributed by atoms with Crippen LogP contribution in [0.4, 0.5) is 5.95 Å². The van der Waals surface area contributed by atoms with E-state index in [4.69, 9.17) is 10.7 Å². The van der Waals surface area contributed by atoms with Crippen molar-refractivity contribution in [1.29, 1.82) is 0 Å². The summed E-state index contributed by atoms with van der Waals surface area (Å²) in [7, 11) is 1.53. The van der Waals surface area contributed by atoms with Gasteiger partial charge in [0.1, 0.15) is 5.25 Å². The van der Waals surface area contributed by atoms with E-state index in [0.717, 1.165) is 0 Å². The third-order valence-electron chi connectivity index (χ3n) is 3.30. The Morgan fingerprint density at radius 2 is 1.95 bits per heavy atom. The van der Waals surface area contributed by atoms with Gasteiger partial charge in [0, 0.05) is 36.0 Å². The average Bonchev–Trinajstić information content (AvgIpc) is 2.90. The molecular weight excluding hydrogens is 328 g/mol. The van der Waals surface area contributed by atoms with Gasteiger partial charge in [-0.05, 0) is 18.2 Å². The number of halogens is 1. The van der Waals surface area contributed by atoms with E-state index in [9.17, 15) is 13.2 Å². The topological polar surface area (TPSA) is 93.1 Å². The Balaban J connectivity index is 1.92. The van der Waals surface area contributed by atoms with Crippen LogP contribution in [-0.2, 0) is 13.8 Å². The maximum atomic E-state index is 12.0. The maximum absolute atomic E-state index is 12.0. The highest BCUT2D eigenvalue weighted by atomic mass is 35.7. The summed E-state index contributed by atoms with van der Waals surface area (Å²) in [5.74, 6) is -0.219. The highest BCUT2D eigenvalue weighted by molar-refractivity contribution is 8.14. The Kier molecular flexibility index (Phi) is 3.79. The van der Waals surface area contributed by atoms with Crippen molar-refractivity contribution in [3.8, 4) is 11.4 Å². The quantitative estimate of drug-likeness (QED) is 0.781. The van der Waals surface area contributed by atoms with E-state index in [-0.39, 0.29) is 24.8 Å². The molecule has 7 nitrogen and oxygen atoms in total. The molecule has 2 aromatic heterocycles. The van der Waals surface area contributed by atoms with Crippen LogP contribution in [0.25, 0.3) is 11.4 Å². The van der Waals surface area contributed by atoms with Crippen molar-refractivity contribution in [1.82, 2.24) is 15.0 Å². The summed E-state index contributed by atoms with van der Waals surface area (Å²) in [6.07, 6.45) is 2.97. The molecule has 114 valence electrons. The molecule has 1 aliphatic rings. The van der Waals surface area contributed by atoms with Crippen LogP contribution in [0.5, 0.6) is 0 Å². The van der Waals surface area contributed by atoms with Crippen molar-refractivity contribution in [3.63, 3.8) is 0 Å². The zero-order valence-electron chi connectivity index (χ0n) is 11.3. The van der Waals surface area contributed by atoms with Crippen molar-refractivity contribution >= 4 is 31.6 Å². The second-order valence-electron chi connectivity index (χ2n) is 4.76. The normalized spacial score (nSPS) is 18.7. The van der Waals surface area contributed by atoms with Gasteiger partial charge < -0.3 is 0 Å². The van der Waals surface area contributed by atoms with Gasteiger partial charge in [-0.2, -0.15) is 0 Å². The van der Waals surface area contributed by atoms with Crippen LogP contribution < -0.4 is 4.90 Å². The van der Waals surface area contributed by atoms with E-state index < -0.39 is 14.3 Å². The first-order valence-electron chi connectivity index (χ1n) is 6.43. The van der Waals surface area contributed by atoms with Gasteiger partial charge in [-0.15, -0.1) is 0 Å². The minimum Gasteiger partial charge on any atom is -0.279 e. The summed E-state index contributed by atoms with van der Waals surface area (Å²) in [5, 5.41) is -0.941. The lowest BCUT2D eigenvalue weighted by Gasteiger charge is -2.14. The van der Waals surface area contributed by atoms with Crippen LogP contribution in [0, 0.1) is 0 Å². The van der Waals surface area contributed by atoms with Crippen molar-refractivity contribution in [2.24, 2.45) is 0 Å². The zero-order valence-corrected chi connectivity index (χ0v) is 12.8. The van der Waals surface area contributed by atoms with Gasteiger partial charge in [0.05, 0.1) is 11.4 Å². The number of carbonyl (C=O) groups is 1. The number of aromatic nitrogens is 3. The first-order chi connectivity index (χ1) is 10.4. The SMILES string of the molecule is O=C1CC(S(=O)(=O)Cl)CN1c1nccc(-c2ccccn2)n1. The summed E-state index contributed by atoms with van der Waals surface area (Å²) in [6.45, 7) is -0.0453. The molecule has 0 bridgehead atoms. The fourth-order valence-corrected chi connectivity index (χ4v) is 3.22. The number of carbonyl (C=O) groups excluding carboxylic acids is 1. The van der Waals surface area contributed by atoms with Crippen LogP contribution in [0.3, 0.4) is 0 Å². The number of hydrogen-bond donors (Lipinski definition) is 0. The number of rotatable bonds is 3. The predicted octanol–water partition coefficient (Wildman–Crippen LogP) is 1.21. The second-order valence-corrected chi connectivity index (χ2v) is 7.67. The molecule has 0 saturated carbocycles. The molecule has 0 N–H and O–H groups in total. The van der Waals surface area contributed by atoms with Gasteiger partial charge in [-0.1, -0.05) is 6.07 Å². The summed E-state index contributed by atoms with van der Waals surface area (Å²) >= 11 is 0. The number of amides is 1. The lowest BCUT2D eigenvalue weighted by molar-refractivity contribution is -0.117. The van der Waals surface area contributed by atoms with E-state index in [1.54, 1.807) is 24.4 Å². The van der Waals surface area contributed by atoms with Crippen molar-refractivity contribution in [2.75, 3.05) is 11.4 Å². The lowest BCUT2D eigenvalue weighted by Crippen LogP contribution is -2.28. The zero-order chi connectivity index (χ0) is 15.7. The van der Waals surface area contributed by atoms with Crippen LogP contribution in [0.1, 0.15) is 6.42 Å². The van der Waals surface area contributed by atoms with E-state index >= 15 is 0 Å². The van der Waals surface area contributed by atoms with Gasteiger partial charge in [-0.3, -0.25) is 14.7 Å². The third-order valence-corrected chi connectivity index (χ3v) is 5.17. The average molecular weight is 339 g/mol. The van der Waals surface area contributed by atoms with Crippen LogP contribution in [0.15, 0.2) is 36.7 Å². The molecule has 9 heteroatoms. The fourth-order valence-electron chi connectivity index (χ4n) is 2.19. The minimum absolute atomic E-state index is 0.0453. The molecule has 1 amide bonds. The van der Waals surface area contributed by atoms with E-state index in [2.05, 4.69) is 15.0 Å². The fraction of sp³-hybridized carbons (Fsp3) is 0.231. The summed E-state index contributed by atoms with van der Waals surface area (Å²) < 4.78 is 22.8. The van der Waals surface area contributed by atoms with Gasteiger partial charge >= 0.3 is 0 Å². The van der Waals surface area contributed by atoms with Crippen LogP contribution >= 0.6 is 10.7 Å². The van der Waals surface area contributed by atoms with Gasteiger partial charge in [0.15, 0.2) is 0 Å². The Morgan fingerprint density at radius 1 is 1.14 bits per heavy atom. The first-order valence-corrected chi connectivity index (χ1v) is 8.80. The van der Waals surface area contributed by atoms with Crippen LogP contribution in [0.2, 0.25) is 0 Å².